The Morgan fingerprint density at radius 1 is 0.769 bits per heavy atom. The summed E-state index contributed by atoms with van der Waals surface area (Å²) in [5, 5.41) is 27.7. The minimum atomic E-state index is -2.58. The summed E-state index contributed by atoms with van der Waals surface area (Å²) in [5.41, 5.74) is -8.74. The number of aliphatic hydroxyl groups is 2. The Hall–Kier alpha value is -6.78. The van der Waals surface area contributed by atoms with Crippen molar-refractivity contribution in [1.29, 1.82) is 0 Å². The number of benzene rings is 3. The van der Waals surface area contributed by atoms with Gasteiger partial charge in [-0.25, -0.2) is 9.59 Å². The standard InChI is InChI=1S/C49H51NO15/c1-27-34(63-45(59)39(62-29(3)53)37(31-17-11-8-12-18-31)50-43(57)32-19-13-9-14-20-32)25-49(60)42(64-44(58)33-21-15-10-16-22-33)40-47(7,35(55)23-24-48(40,26-51)65-30(4)54)41(56)38(61-28(2)52)36(27)46(49,5)6/h8-24,34,37-40,42,51,60H,25-26H2,1-7H3,(H,50,57)/t34-,37-,38+,39+,40-,42-,47+,48+,49+/m0/s1. The van der Waals surface area contributed by atoms with Gasteiger partial charge in [0.05, 0.1) is 18.1 Å². The van der Waals surface area contributed by atoms with Crippen molar-refractivity contribution in [3.05, 3.63) is 131 Å². The van der Waals surface area contributed by atoms with Crippen LogP contribution < -0.4 is 5.32 Å². The molecule has 3 aliphatic rings. The van der Waals surface area contributed by atoms with Crippen molar-refractivity contribution >= 4 is 47.3 Å². The molecule has 0 spiro atoms. The Balaban J connectivity index is 1.58. The van der Waals surface area contributed by atoms with Gasteiger partial charge >= 0.3 is 29.8 Å². The number of Topliss-reactive ketones (excluding diaryl/α,β-unsaturated/α-hetero) is 1. The normalized spacial score (nSPS) is 27.6. The van der Waals surface area contributed by atoms with E-state index in [4.69, 9.17) is 23.7 Å². The summed E-state index contributed by atoms with van der Waals surface area (Å²) in [7, 11) is 0. The number of amides is 1. The van der Waals surface area contributed by atoms with E-state index in [9.17, 15) is 43.8 Å². The lowest BCUT2D eigenvalue weighted by molar-refractivity contribution is -0.238. The number of carbonyl (C=O) groups excluding carboxylic acids is 8. The molecule has 1 fully saturated rings. The second kappa shape index (κ2) is 18.4. The van der Waals surface area contributed by atoms with Gasteiger partial charge in [-0.2, -0.15) is 0 Å². The number of nitrogens with one attached hydrogen (secondary N) is 1. The molecule has 3 N–H and O–H groups in total. The molecular formula is C49H51NO15. The highest BCUT2D eigenvalue weighted by molar-refractivity contribution is 6.15. The zero-order chi connectivity index (χ0) is 47.6. The first-order valence-corrected chi connectivity index (χ1v) is 20.9. The maximum absolute atomic E-state index is 15.4. The quantitative estimate of drug-likeness (QED) is 0.0997. The van der Waals surface area contributed by atoms with Gasteiger partial charge in [0, 0.05) is 38.2 Å². The molecule has 16 nitrogen and oxygen atoms in total. The minimum absolute atomic E-state index is 0.0268. The summed E-state index contributed by atoms with van der Waals surface area (Å²) in [6.45, 7) is 7.54. The molecule has 0 unspecified atom stereocenters. The summed E-state index contributed by atoms with van der Waals surface area (Å²) in [5.74, 6) is -9.79. The summed E-state index contributed by atoms with van der Waals surface area (Å²) in [4.78, 5) is 111. The van der Waals surface area contributed by atoms with Crippen LogP contribution in [0.2, 0.25) is 0 Å². The lowest BCUT2D eigenvalue weighted by Crippen LogP contribution is -2.74. The molecule has 2 bridgehead atoms. The summed E-state index contributed by atoms with van der Waals surface area (Å²) in [6, 6.07) is 22.4. The Morgan fingerprint density at radius 2 is 1.34 bits per heavy atom. The number of ketones is 2. The lowest BCUT2D eigenvalue weighted by Gasteiger charge is -2.61. The van der Waals surface area contributed by atoms with Crippen LogP contribution in [0.1, 0.15) is 87.2 Å². The first-order chi connectivity index (χ1) is 30.6. The van der Waals surface area contributed by atoms with E-state index in [2.05, 4.69) is 5.32 Å². The monoisotopic (exact) mass is 893 g/mol. The van der Waals surface area contributed by atoms with Crippen molar-refractivity contribution in [2.24, 2.45) is 16.7 Å². The van der Waals surface area contributed by atoms with E-state index in [1.165, 1.54) is 52.0 Å². The number of ether oxygens (including phenoxy) is 5. The fourth-order valence-electron chi connectivity index (χ4n) is 9.57. The number of allylic oxidation sites excluding steroid dienone is 1. The largest absolute Gasteiger partial charge is 0.455 e. The fourth-order valence-corrected chi connectivity index (χ4v) is 9.57. The summed E-state index contributed by atoms with van der Waals surface area (Å²) < 4.78 is 29.7. The van der Waals surface area contributed by atoms with Gasteiger partial charge in [-0.3, -0.25) is 28.8 Å². The van der Waals surface area contributed by atoms with E-state index in [1.807, 2.05) is 0 Å². The van der Waals surface area contributed by atoms with E-state index in [-0.39, 0.29) is 22.3 Å². The number of aliphatic hydroxyl groups excluding tert-OH is 1. The zero-order valence-corrected chi connectivity index (χ0v) is 36.9. The molecule has 342 valence electrons. The van der Waals surface area contributed by atoms with Crippen molar-refractivity contribution in [2.45, 2.75) is 96.5 Å². The first-order valence-electron chi connectivity index (χ1n) is 20.9. The van der Waals surface area contributed by atoms with E-state index in [0.29, 0.717) is 5.56 Å². The molecule has 1 saturated carbocycles. The van der Waals surface area contributed by atoms with E-state index >= 15 is 4.79 Å². The molecule has 0 saturated heterocycles. The van der Waals surface area contributed by atoms with Crippen molar-refractivity contribution in [1.82, 2.24) is 5.32 Å². The van der Waals surface area contributed by atoms with E-state index in [1.54, 1.807) is 66.7 Å². The molecule has 9 atom stereocenters. The summed E-state index contributed by atoms with van der Waals surface area (Å²) >= 11 is 0. The molecule has 3 aromatic rings. The number of esters is 5. The maximum atomic E-state index is 15.4. The van der Waals surface area contributed by atoms with Gasteiger partial charge in [0.25, 0.3) is 5.91 Å². The van der Waals surface area contributed by atoms with Gasteiger partial charge in [0.2, 0.25) is 6.10 Å². The maximum Gasteiger partial charge on any atom is 0.350 e. The number of rotatable bonds is 12. The van der Waals surface area contributed by atoms with E-state index < -0.39 is 119 Å². The Labute approximate surface area is 374 Å². The van der Waals surface area contributed by atoms with Gasteiger partial charge in [-0.15, -0.1) is 0 Å². The average Bonchev–Trinajstić information content (AvgIpc) is 3.27. The molecule has 0 heterocycles. The Bertz CT molecular complexity index is 2450. The highest BCUT2D eigenvalue weighted by Crippen LogP contribution is 2.61. The molecule has 3 aromatic carbocycles. The van der Waals surface area contributed by atoms with Crippen LogP contribution >= 0.6 is 0 Å². The fraction of sp³-hybridized carbons (Fsp3) is 0.388. The zero-order valence-electron chi connectivity index (χ0n) is 36.9. The highest BCUT2D eigenvalue weighted by Gasteiger charge is 2.74. The molecule has 6 rings (SSSR count). The smallest absolute Gasteiger partial charge is 0.350 e. The van der Waals surface area contributed by atoms with Crippen LogP contribution in [0.3, 0.4) is 0 Å². The van der Waals surface area contributed by atoms with Crippen molar-refractivity contribution in [2.75, 3.05) is 6.61 Å². The number of hydrogen-bond donors (Lipinski definition) is 3. The number of carbonyl (C=O) groups is 8. The molecular weight excluding hydrogens is 843 g/mol. The SMILES string of the molecule is CC(=O)O[C@H]1C(=O)[C@]2(C)C(=O)C=C[C@](CO)(OC(C)=O)[C@H]2[C@H](OC(=O)c2ccccc2)[C@]2(O)C[C@H](OC(=O)[C@H](OC(C)=O)[C@@H](NC(=O)c3ccccc3)c3ccccc3)C(C)=C1C2(C)C. The molecule has 0 aliphatic heterocycles. The molecule has 0 radical (unpaired) electrons. The highest BCUT2D eigenvalue weighted by atomic mass is 16.6. The molecule has 1 amide bonds. The van der Waals surface area contributed by atoms with Crippen molar-refractivity contribution < 1.29 is 72.3 Å². The molecule has 3 aliphatic carbocycles. The van der Waals surface area contributed by atoms with Crippen LogP contribution in [0, 0.1) is 16.7 Å². The van der Waals surface area contributed by atoms with Crippen LogP contribution in [0.5, 0.6) is 0 Å². The van der Waals surface area contributed by atoms with Crippen molar-refractivity contribution in [3.8, 4) is 0 Å². The first kappa shape index (κ1) is 47.7. The second-order valence-electron chi connectivity index (χ2n) is 17.2. The Morgan fingerprint density at radius 3 is 1.88 bits per heavy atom. The Kier molecular flexibility index (Phi) is 13.5. The third-order valence-electron chi connectivity index (χ3n) is 12.8. The van der Waals surface area contributed by atoms with Crippen LogP contribution in [-0.4, -0.2) is 99.8 Å². The third kappa shape index (κ3) is 8.75. The molecule has 16 heteroatoms. The third-order valence-corrected chi connectivity index (χ3v) is 12.8. The molecule has 65 heavy (non-hydrogen) atoms. The van der Waals surface area contributed by atoms with Crippen LogP contribution in [-0.2, 0) is 52.5 Å². The van der Waals surface area contributed by atoms with Gasteiger partial charge in [-0.05, 0) is 67.0 Å². The van der Waals surface area contributed by atoms with E-state index in [0.717, 1.165) is 32.9 Å². The van der Waals surface area contributed by atoms with Crippen molar-refractivity contribution in [3.63, 3.8) is 0 Å². The summed E-state index contributed by atoms with van der Waals surface area (Å²) in [6.07, 6.45) is -6.27. The van der Waals surface area contributed by atoms with Gasteiger partial charge < -0.3 is 39.2 Å². The van der Waals surface area contributed by atoms with Gasteiger partial charge in [0.1, 0.15) is 29.3 Å². The van der Waals surface area contributed by atoms with Gasteiger partial charge in [0.15, 0.2) is 23.3 Å². The second-order valence-corrected chi connectivity index (χ2v) is 17.2. The van der Waals surface area contributed by atoms with Crippen LogP contribution in [0.15, 0.2) is 114 Å². The average molecular weight is 894 g/mol. The molecule has 0 aromatic heterocycles. The van der Waals surface area contributed by atoms with Crippen LogP contribution in [0.4, 0.5) is 0 Å². The topological polar surface area (TPSA) is 235 Å². The van der Waals surface area contributed by atoms with Crippen LogP contribution in [0.25, 0.3) is 0 Å². The minimum Gasteiger partial charge on any atom is -0.455 e. The lowest BCUT2D eigenvalue weighted by atomic mass is 9.47. The van der Waals surface area contributed by atoms with Gasteiger partial charge in [-0.1, -0.05) is 80.6 Å². The number of fused-ring (bicyclic) bond motifs is 3. The predicted octanol–water partition coefficient (Wildman–Crippen LogP) is 4.27. The number of hydrogen-bond acceptors (Lipinski definition) is 15. The predicted molar refractivity (Wildman–Crippen MR) is 228 cm³/mol.